The maximum absolute atomic E-state index is 2.61. The van der Waals surface area contributed by atoms with Crippen molar-refractivity contribution in [2.45, 2.75) is 16.5 Å². The molecule has 0 heterocycles. The Morgan fingerprint density at radius 2 is 1.04 bits per heavy atom. The zero-order valence-electron chi connectivity index (χ0n) is 13.4. The van der Waals surface area contributed by atoms with Crippen LogP contribution in [0.25, 0.3) is 12.2 Å². The zero-order valence-corrected chi connectivity index (χ0v) is 17.5. The summed E-state index contributed by atoms with van der Waals surface area (Å²) in [5.41, 5.74) is 6.00. The molecular weight excluding hydrogens is 402 g/mol. The molecule has 2 aliphatic rings. The van der Waals surface area contributed by atoms with E-state index in [0.29, 0.717) is 7.25 Å². The quantitative estimate of drug-likeness (QED) is 0.508. The number of hydrogen-bond acceptors (Lipinski definition) is 0. The molecule has 0 N–H and O–H groups in total. The Morgan fingerprint density at radius 3 is 1.48 bits per heavy atom. The molecule has 23 heavy (non-hydrogen) atoms. The van der Waals surface area contributed by atoms with Crippen LogP contribution in [0, 0.1) is 0 Å². The Balaban J connectivity index is 0.000000960. The molecule has 2 atom stereocenters. The van der Waals surface area contributed by atoms with Crippen molar-refractivity contribution in [2.75, 3.05) is 0 Å². The van der Waals surface area contributed by atoms with Crippen molar-refractivity contribution in [1.29, 1.82) is 0 Å². The first-order valence-corrected chi connectivity index (χ1v) is 15.5. The van der Waals surface area contributed by atoms with Crippen molar-refractivity contribution < 1.29 is 20.3 Å². The summed E-state index contributed by atoms with van der Waals surface area (Å²) < 4.78 is 6.61. The molecule has 2 aliphatic carbocycles. The molecule has 2 aromatic rings. The van der Waals surface area contributed by atoms with E-state index in [1.807, 2.05) is 0 Å². The average Bonchev–Trinajstić information content (AvgIpc) is 3.12. The minimum atomic E-state index is -2.38. The predicted octanol–water partition coefficient (Wildman–Crippen LogP) is 6.62. The molecule has 0 fully saturated rings. The summed E-state index contributed by atoms with van der Waals surface area (Å²) in [6, 6.07) is 17.9. The Bertz CT molecular complexity index is 698. The van der Waals surface area contributed by atoms with Crippen LogP contribution in [0.4, 0.5) is 0 Å². The Morgan fingerprint density at radius 1 is 0.652 bits per heavy atom. The van der Waals surface area contributed by atoms with Crippen LogP contribution >= 0.6 is 24.8 Å². The van der Waals surface area contributed by atoms with Crippen LogP contribution in [-0.2, 0) is 20.3 Å². The second kappa shape index (κ2) is 7.10. The van der Waals surface area contributed by atoms with Crippen molar-refractivity contribution in [3.63, 3.8) is 0 Å². The fourth-order valence-electron chi connectivity index (χ4n) is 3.99. The molecule has 2 aromatic carbocycles. The maximum atomic E-state index is 2.61. The molecule has 0 bridgehead atoms. The first kappa shape index (κ1) is 18.7. The average molecular weight is 425 g/mol. The summed E-state index contributed by atoms with van der Waals surface area (Å²) in [5.74, 6) is 0. The first-order chi connectivity index (χ1) is 10.2. The van der Waals surface area contributed by atoms with Crippen LogP contribution in [0.1, 0.15) is 29.5 Å². The zero-order chi connectivity index (χ0) is 14.4. The summed E-state index contributed by atoms with van der Waals surface area (Å²) in [6.07, 6.45) is 9.64. The van der Waals surface area contributed by atoms with E-state index >= 15 is 0 Å². The van der Waals surface area contributed by atoms with Gasteiger partial charge in [-0.15, -0.1) is 24.8 Å². The molecule has 0 saturated carbocycles. The summed E-state index contributed by atoms with van der Waals surface area (Å²) in [5, 5.41) is 0. The van der Waals surface area contributed by atoms with Gasteiger partial charge in [-0.25, -0.2) is 0 Å². The van der Waals surface area contributed by atoms with Gasteiger partial charge in [0.15, 0.2) is 0 Å². The fourth-order valence-corrected chi connectivity index (χ4v) is 13.1. The van der Waals surface area contributed by atoms with E-state index in [-0.39, 0.29) is 24.8 Å². The third-order valence-electron chi connectivity index (χ3n) is 5.20. The van der Waals surface area contributed by atoms with Crippen molar-refractivity contribution in [3.8, 4) is 0 Å². The fraction of sp³-hybridized carbons (Fsp3) is 0.200. The van der Waals surface area contributed by atoms with Crippen LogP contribution in [0.2, 0.25) is 9.26 Å². The van der Waals surface area contributed by atoms with Crippen LogP contribution in [0.15, 0.2) is 60.7 Å². The topological polar surface area (TPSA) is 0 Å². The second-order valence-corrected chi connectivity index (χ2v) is 18.8. The van der Waals surface area contributed by atoms with Crippen molar-refractivity contribution in [3.05, 3.63) is 82.9 Å². The van der Waals surface area contributed by atoms with E-state index in [2.05, 4.69) is 82.1 Å². The Hall–Kier alpha value is -0.617. The van der Waals surface area contributed by atoms with Gasteiger partial charge >= 0.3 is 132 Å². The molecule has 0 aliphatic heterocycles. The van der Waals surface area contributed by atoms with Crippen LogP contribution < -0.4 is 0 Å². The number of hydrogen-bond donors (Lipinski definition) is 0. The monoisotopic (exact) mass is 422 g/mol. The minimum absolute atomic E-state index is 0. The van der Waals surface area contributed by atoms with Gasteiger partial charge in [0, 0.05) is 0 Å². The SMILES string of the molecule is Cl.Cl.[CH3][Zr]([CH3])([CH]1C=Cc2ccccc21)[CH]1C=Cc2ccccc21. The molecule has 0 amide bonds. The number of fused-ring (bicyclic) bond motifs is 2. The van der Waals surface area contributed by atoms with Gasteiger partial charge in [-0.2, -0.15) is 0 Å². The van der Waals surface area contributed by atoms with E-state index in [9.17, 15) is 0 Å². The molecule has 0 spiro atoms. The Labute approximate surface area is 155 Å². The number of benzene rings is 2. The summed E-state index contributed by atoms with van der Waals surface area (Å²) in [6.45, 7) is 0. The molecule has 3 heteroatoms. The van der Waals surface area contributed by atoms with Crippen LogP contribution in [0.5, 0.6) is 0 Å². The summed E-state index contributed by atoms with van der Waals surface area (Å²) >= 11 is -2.38. The van der Waals surface area contributed by atoms with Gasteiger partial charge in [-0.05, 0) is 0 Å². The normalized spacial score (nSPS) is 20.4. The number of rotatable bonds is 2. The molecule has 0 saturated heterocycles. The third kappa shape index (κ3) is 3.04. The molecule has 0 nitrogen and oxygen atoms in total. The van der Waals surface area contributed by atoms with E-state index in [1.165, 1.54) is 11.1 Å². The van der Waals surface area contributed by atoms with Gasteiger partial charge in [0.05, 0.1) is 0 Å². The molecule has 0 radical (unpaired) electrons. The second-order valence-electron chi connectivity index (χ2n) is 6.75. The first-order valence-electron chi connectivity index (χ1n) is 7.72. The summed E-state index contributed by atoms with van der Waals surface area (Å²) in [7, 11) is 0. The molecule has 2 unspecified atom stereocenters. The van der Waals surface area contributed by atoms with E-state index < -0.39 is 20.3 Å². The van der Waals surface area contributed by atoms with Gasteiger partial charge in [0.1, 0.15) is 0 Å². The standard InChI is InChI=1S/2C9H7.2CH3.2ClH.Zr/c2*1-2-5-9-7-3-6-8(9)4-1;;;;;/h2*1-7H;2*1H3;2*1H;. The number of halogens is 2. The van der Waals surface area contributed by atoms with E-state index in [1.54, 1.807) is 11.1 Å². The van der Waals surface area contributed by atoms with Crippen LogP contribution in [0.3, 0.4) is 0 Å². The van der Waals surface area contributed by atoms with Crippen molar-refractivity contribution in [2.24, 2.45) is 0 Å². The molecule has 120 valence electrons. The number of allylic oxidation sites excluding steroid dienone is 2. The molecule has 0 aromatic heterocycles. The van der Waals surface area contributed by atoms with Gasteiger partial charge < -0.3 is 0 Å². The third-order valence-corrected chi connectivity index (χ3v) is 15.6. The van der Waals surface area contributed by atoms with Gasteiger partial charge in [-0.3, -0.25) is 0 Å². The van der Waals surface area contributed by atoms with Gasteiger partial charge in [-0.1, -0.05) is 0 Å². The molecular formula is C20H22Cl2Zr. The van der Waals surface area contributed by atoms with E-state index in [4.69, 9.17) is 0 Å². The van der Waals surface area contributed by atoms with Gasteiger partial charge in [0.25, 0.3) is 0 Å². The Kier molecular flexibility index (Phi) is 5.77. The van der Waals surface area contributed by atoms with Crippen LogP contribution in [-0.4, -0.2) is 0 Å². The van der Waals surface area contributed by atoms with Crippen molar-refractivity contribution >= 4 is 37.0 Å². The van der Waals surface area contributed by atoms with E-state index in [0.717, 1.165) is 0 Å². The van der Waals surface area contributed by atoms with Gasteiger partial charge in [0.2, 0.25) is 0 Å². The summed E-state index contributed by atoms with van der Waals surface area (Å²) in [4.78, 5) is 0. The van der Waals surface area contributed by atoms with Crippen molar-refractivity contribution in [1.82, 2.24) is 0 Å². The predicted molar refractivity (Wildman–Crippen MR) is 103 cm³/mol. The molecule has 4 rings (SSSR count).